The molecule has 0 amide bonds. The molecule has 0 saturated heterocycles. The molecule has 1 heterocycles. The summed E-state index contributed by atoms with van der Waals surface area (Å²) < 4.78 is 0. The molecular formula is C19H21NO2. The summed E-state index contributed by atoms with van der Waals surface area (Å²) in [5.41, 5.74) is 3.81. The Bertz CT molecular complexity index is 653. The largest absolute Gasteiger partial charge is 0.480 e. The number of rotatable bonds is 4. The van der Waals surface area contributed by atoms with Crippen molar-refractivity contribution in [2.75, 3.05) is 6.54 Å². The molecule has 0 radical (unpaired) electrons. The molecule has 1 aliphatic heterocycles. The summed E-state index contributed by atoms with van der Waals surface area (Å²) in [4.78, 5) is 13.6. The van der Waals surface area contributed by atoms with Crippen molar-refractivity contribution in [2.45, 2.75) is 31.8 Å². The summed E-state index contributed by atoms with van der Waals surface area (Å²) in [6.07, 6.45) is 0.624. The minimum atomic E-state index is -0.728. The van der Waals surface area contributed by atoms with Crippen LogP contribution in [0.25, 0.3) is 0 Å². The second-order valence-corrected chi connectivity index (χ2v) is 5.85. The van der Waals surface area contributed by atoms with E-state index in [1.165, 1.54) is 16.7 Å². The molecule has 0 saturated carbocycles. The van der Waals surface area contributed by atoms with Gasteiger partial charge < -0.3 is 5.11 Å². The van der Waals surface area contributed by atoms with Gasteiger partial charge in [-0.15, -0.1) is 0 Å². The molecule has 2 unspecified atom stereocenters. The first kappa shape index (κ1) is 14.8. The molecule has 114 valence electrons. The summed E-state index contributed by atoms with van der Waals surface area (Å²) in [5.74, 6) is -0.492. The molecule has 0 aliphatic carbocycles. The monoisotopic (exact) mass is 295 g/mol. The van der Waals surface area contributed by atoms with Crippen molar-refractivity contribution >= 4 is 5.97 Å². The van der Waals surface area contributed by atoms with Crippen LogP contribution in [0, 0.1) is 0 Å². The Morgan fingerprint density at radius 3 is 2.55 bits per heavy atom. The molecule has 2 aromatic rings. The lowest BCUT2D eigenvalue weighted by molar-refractivity contribution is -0.143. The Hall–Kier alpha value is -2.13. The van der Waals surface area contributed by atoms with Crippen molar-refractivity contribution in [3.63, 3.8) is 0 Å². The lowest BCUT2D eigenvalue weighted by atomic mass is 9.84. The Labute approximate surface area is 131 Å². The van der Waals surface area contributed by atoms with Gasteiger partial charge in [0.15, 0.2) is 0 Å². The summed E-state index contributed by atoms with van der Waals surface area (Å²) >= 11 is 0. The zero-order valence-electron chi connectivity index (χ0n) is 12.8. The molecule has 3 heteroatoms. The SMILES string of the molecule is CCC(C(=O)O)N1Cc2ccccc2C(c2ccccc2)C1. The topological polar surface area (TPSA) is 40.5 Å². The number of carbonyl (C=O) groups is 1. The first-order valence-corrected chi connectivity index (χ1v) is 7.80. The normalized spacial score (nSPS) is 19.4. The summed E-state index contributed by atoms with van der Waals surface area (Å²) in [5, 5.41) is 9.49. The van der Waals surface area contributed by atoms with Gasteiger partial charge in [-0.05, 0) is 23.1 Å². The molecule has 3 rings (SSSR count). The van der Waals surface area contributed by atoms with Gasteiger partial charge in [-0.2, -0.15) is 0 Å². The Morgan fingerprint density at radius 1 is 1.18 bits per heavy atom. The summed E-state index contributed by atoms with van der Waals surface area (Å²) in [6, 6.07) is 18.3. The third-order valence-corrected chi connectivity index (χ3v) is 4.54. The van der Waals surface area contributed by atoms with Crippen molar-refractivity contribution in [3.8, 4) is 0 Å². The van der Waals surface area contributed by atoms with E-state index < -0.39 is 12.0 Å². The van der Waals surface area contributed by atoms with Crippen molar-refractivity contribution < 1.29 is 9.90 Å². The van der Waals surface area contributed by atoms with Gasteiger partial charge in [0.25, 0.3) is 0 Å². The van der Waals surface area contributed by atoms with E-state index in [1.54, 1.807) is 0 Å². The molecule has 3 nitrogen and oxygen atoms in total. The maximum absolute atomic E-state index is 11.5. The molecule has 0 fully saturated rings. The standard InChI is InChI=1S/C19H21NO2/c1-2-18(19(21)22)20-12-15-10-6-7-11-16(15)17(13-20)14-8-4-3-5-9-14/h3-11,17-18H,2,12-13H2,1H3,(H,21,22). The lowest BCUT2D eigenvalue weighted by Gasteiger charge is -2.38. The average molecular weight is 295 g/mol. The smallest absolute Gasteiger partial charge is 0.320 e. The van der Waals surface area contributed by atoms with Crippen LogP contribution in [0.2, 0.25) is 0 Å². The number of fused-ring (bicyclic) bond motifs is 1. The number of nitrogens with zero attached hydrogens (tertiary/aromatic N) is 1. The average Bonchev–Trinajstić information content (AvgIpc) is 2.55. The molecule has 22 heavy (non-hydrogen) atoms. The predicted octanol–water partition coefficient (Wildman–Crippen LogP) is 3.50. The molecule has 0 bridgehead atoms. The van der Waals surface area contributed by atoms with Crippen molar-refractivity contribution in [3.05, 3.63) is 71.3 Å². The highest BCUT2D eigenvalue weighted by Crippen LogP contribution is 2.34. The lowest BCUT2D eigenvalue weighted by Crippen LogP contribution is -2.45. The third-order valence-electron chi connectivity index (χ3n) is 4.54. The van der Waals surface area contributed by atoms with Crippen LogP contribution in [0.5, 0.6) is 0 Å². The van der Waals surface area contributed by atoms with E-state index in [9.17, 15) is 9.90 Å². The zero-order chi connectivity index (χ0) is 15.5. The van der Waals surface area contributed by atoms with E-state index in [0.717, 1.165) is 6.54 Å². The number of aliphatic carboxylic acids is 1. The number of benzene rings is 2. The Morgan fingerprint density at radius 2 is 1.86 bits per heavy atom. The van der Waals surface area contributed by atoms with Gasteiger partial charge in [-0.1, -0.05) is 61.5 Å². The maximum Gasteiger partial charge on any atom is 0.320 e. The predicted molar refractivity (Wildman–Crippen MR) is 86.9 cm³/mol. The van der Waals surface area contributed by atoms with Gasteiger partial charge in [0.2, 0.25) is 0 Å². The van der Waals surface area contributed by atoms with Crippen molar-refractivity contribution in [1.82, 2.24) is 4.90 Å². The van der Waals surface area contributed by atoms with Crippen LogP contribution < -0.4 is 0 Å². The second-order valence-electron chi connectivity index (χ2n) is 5.85. The molecule has 0 aromatic heterocycles. The first-order chi connectivity index (χ1) is 10.7. The van der Waals surface area contributed by atoms with E-state index in [2.05, 4.69) is 35.2 Å². The number of carboxylic acid groups (broad SMARTS) is 1. The minimum Gasteiger partial charge on any atom is -0.480 e. The minimum absolute atomic E-state index is 0.236. The summed E-state index contributed by atoms with van der Waals surface area (Å²) in [7, 11) is 0. The quantitative estimate of drug-likeness (QED) is 0.938. The fourth-order valence-corrected chi connectivity index (χ4v) is 3.43. The van der Waals surface area contributed by atoms with Gasteiger partial charge >= 0.3 is 5.97 Å². The van der Waals surface area contributed by atoms with Gasteiger partial charge in [0.1, 0.15) is 6.04 Å². The van der Waals surface area contributed by atoms with Gasteiger partial charge in [0.05, 0.1) is 0 Å². The fourth-order valence-electron chi connectivity index (χ4n) is 3.43. The van der Waals surface area contributed by atoms with Crippen LogP contribution in [0.4, 0.5) is 0 Å². The van der Waals surface area contributed by atoms with E-state index in [1.807, 2.05) is 31.2 Å². The third kappa shape index (κ3) is 2.77. The van der Waals surface area contributed by atoms with Gasteiger partial charge in [0, 0.05) is 19.0 Å². The molecule has 2 atom stereocenters. The zero-order valence-corrected chi connectivity index (χ0v) is 12.8. The van der Waals surface area contributed by atoms with Gasteiger partial charge in [-0.25, -0.2) is 0 Å². The molecule has 1 N–H and O–H groups in total. The number of hydrogen-bond donors (Lipinski definition) is 1. The highest BCUT2D eigenvalue weighted by molar-refractivity contribution is 5.73. The Kier molecular flexibility index (Phi) is 4.25. The number of carboxylic acids is 1. The van der Waals surface area contributed by atoms with E-state index in [-0.39, 0.29) is 5.92 Å². The van der Waals surface area contributed by atoms with Crippen molar-refractivity contribution in [2.24, 2.45) is 0 Å². The van der Waals surface area contributed by atoms with Crippen LogP contribution in [0.1, 0.15) is 36.0 Å². The van der Waals surface area contributed by atoms with Crippen molar-refractivity contribution in [1.29, 1.82) is 0 Å². The highest BCUT2D eigenvalue weighted by atomic mass is 16.4. The van der Waals surface area contributed by atoms with Crippen LogP contribution in [0.15, 0.2) is 54.6 Å². The molecule has 1 aliphatic rings. The van der Waals surface area contributed by atoms with E-state index in [0.29, 0.717) is 13.0 Å². The maximum atomic E-state index is 11.5. The molecular weight excluding hydrogens is 274 g/mol. The number of hydrogen-bond acceptors (Lipinski definition) is 2. The highest BCUT2D eigenvalue weighted by Gasteiger charge is 2.32. The van der Waals surface area contributed by atoms with Crippen LogP contribution in [-0.4, -0.2) is 28.6 Å². The molecule has 0 spiro atoms. The molecule has 2 aromatic carbocycles. The summed E-state index contributed by atoms with van der Waals surface area (Å²) in [6.45, 7) is 3.41. The van der Waals surface area contributed by atoms with E-state index in [4.69, 9.17) is 0 Å². The van der Waals surface area contributed by atoms with E-state index >= 15 is 0 Å². The first-order valence-electron chi connectivity index (χ1n) is 7.80. The van der Waals surface area contributed by atoms with Crippen LogP contribution >= 0.6 is 0 Å². The van der Waals surface area contributed by atoms with Crippen LogP contribution in [0.3, 0.4) is 0 Å². The van der Waals surface area contributed by atoms with Crippen LogP contribution in [-0.2, 0) is 11.3 Å². The van der Waals surface area contributed by atoms with Gasteiger partial charge in [-0.3, -0.25) is 9.69 Å². The Balaban J connectivity index is 2.00. The fraction of sp³-hybridized carbons (Fsp3) is 0.316. The second kappa shape index (κ2) is 6.32.